The van der Waals surface area contributed by atoms with Crippen molar-refractivity contribution >= 4 is 5.91 Å². The molecular weight excluding hydrogens is 291 g/mol. The number of hydrogen-bond donors (Lipinski definition) is 0. The van der Waals surface area contributed by atoms with Gasteiger partial charge in [-0.05, 0) is 57.7 Å². The van der Waals surface area contributed by atoms with Gasteiger partial charge in [-0.1, -0.05) is 12.1 Å². The number of rotatable bonds is 4. The molecule has 2 nitrogen and oxygen atoms in total. The fourth-order valence-electron chi connectivity index (χ4n) is 3.05. The van der Waals surface area contributed by atoms with Crippen molar-refractivity contribution in [3.8, 4) is 0 Å². The van der Waals surface area contributed by atoms with Crippen LogP contribution < -0.4 is 0 Å². The van der Waals surface area contributed by atoms with E-state index in [4.69, 9.17) is 0 Å². The highest BCUT2D eigenvalue weighted by Crippen LogP contribution is 2.49. The Bertz CT molecular complexity index is 526. The van der Waals surface area contributed by atoms with Crippen LogP contribution in [0.15, 0.2) is 24.3 Å². The SMILES string of the molecule is CC(C)N(C(=O)[C@@H]1C[C@@H]1c1ccc(C(F)(F)F)cc1)C(C)C. The summed E-state index contributed by atoms with van der Waals surface area (Å²) in [5.41, 5.74) is 0.171. The van der Waals surface area contributed by atoms with Crippen molar-refractivity contribution in [2.75, 3.05) is 0 Å². The number of benzene rings is 1. The van der Waals surface area contributed by atoms with Gasteiger partial charge in [-0.2, -0.15) is 13.2 Å². The standard InChI is InChI=1S/C17H22F3NO/c1-10(2)21(11(3)4)16(22)15-9-14(15)12-5-7-13(8-6-12)17(18,19)20/h5-8,10-11,14-15H,9H2,1-4H3/t14-,15-/m1/s1. The Morgan fingerprint density at radius 3 is 2.00 bits per heavy atom. The molecule has 1 aliphatic carbocycles. The molecule has 1 aliphatic rings. The minimum atomic E-state index is -4.32. The van der Waals surface area contributed by atoms with E-state index in [1.807, 2.05) is 32.6 Å². The minimum Gasteiger partial charge on any atom is -0.338 e. The molecular formula is C17H22F3NO. The van der Waals surface area contributed by atoms with Crippen LogP contribution in [0.2, 0.25) is 0 Å². The molecule has 0 saturated heterocycles. The second-order valence-electron chi connectivity index (χ2n) is 6.50. The van der Waals surface area contributed by atoms with Crippen LogP contribution in [0.1, 0.15) is 51.2 Å². The van der Waals surface area contributed by atoms with Gasteiger partial charge in [-0.3, -0.25) is 4.79 Å². The highest BCUT2D eigenvalue weighted by atomic mass is 19.4. The lowest BCUT2D eigenvalue weighted by Gasteiger charge is -2.31. The Labute approximate surface area is 129 Å². The number of halogens is 3. The first-order chi connectivity index (χ1) is 10.1. The summed E-state index contributed by atoms with van der Waals surface area (Å²) in [6, 6.07) is 5.43. The summed E-state index contributed by atoms with van der Waals surface area (Å²) in [5.74, 6) is 0.0613. The molecule has 0 bridgehead atoms. The zero-order valence-electron chi connectivity index (χ0n) is 13.3. The van der Waals surface area contributed by atoms with Gasteiger partial charge in [0, 0.05) is 18.0 Å². The van der Waals surface area contributed by atoms with Crippen molar-refractivity contribution < 1.29 is 18.0 Å². The lowest BCUT2D eigenvalue weighted by atomic mass is 10.1. The molecule has 1 saturated carbocycles. The van der Waals surface area contributed by atoms with Crippen molar-refractivity contribution in [1.82, 2.24) is 4.90 Å². The molecule has 0 unspecified atom stereocenters. The third-order valence-electron chi connectivity index (χ3n) is 4.14. The van der Waals surface area contributed by atoms with Crippen LogP contribution >= 0.6 is 0 Å². The van der Waals surface area contributed by atoms with E-state index >= 15 is 0 Å². The molecule has 1 aromatic carbocycles. The fourth-order valence-corrected chi connectivity index (χ4v) is 3.05. The number of hydrogen-bond acceptors (Lipinski definition) is 1. The van der Waals surface area contributed by atoms with Gasteiger partial charge in [0.15, 0.2) is 0 Å². The number of alkyl halides is 3. The molecule has 2 atom stereocenters. The third kappa shape index (κ3) is 3.45. The third-order valence-corrected chi connectivity index (χ3v) is 4.14. The topological polar surface area (TPSA) is 20.3 Å². The lowest BCUT2D eigenvalue weighted by molar-refractivity contribution is -0.138. The van der Waals surface area contributed by atoms with Crippen LogP contribution in [0.4, 0.5) is 13.2 Å². The maximum atomic E-state index is 12.6. The second-order valence-corrected chi connectivity index (χ2v) is 6.50. The fraction of sp³-hybridized carbons (Fsp3) is 0.588. The summed E-state index contributed by atoms with van der Waals surface area (Å²) in [6.45, 7) is 7.92. The number of carbonyl (C=O) groups is 1. The Hall–Kier alpha value is -1.52. The van der Waals surface area contributed by atoms with Crippen LogP contribution in [-0.2, 0) is 11.0 Å². The monoisotopic (exact) mass is 313 g/mol. The molecule has 22 heavy (non-hydrogen) atoms. The van der Waals surface area contributed by atoms with E-state index in [0.717, 1.165) is 24.1 Å². The van der Waals surface area contributed by atoms with E-state index in [2.05, 4.69) is 0 Å². The van der Waals surface area contributed by atoms with E-state index in [1.54, 1.807) is 0 Å². The zero-order chi connectivity index (χ0) is 16.7. The van der Waals surface area contributed by atoms with Crippen LogP contribution in [0, 0.1) is 5.92 Å². The van der Waals surface area contributed by atoms with Gasteiger partial charge in [-0.25, -0.2) is 0 Å². The van der Waals surface area contributed by atoms with Crippen molar-refractivity contribution in [3.63, 3.8) is 0 Å². The highest BCUT2D eigenvalue weighted by molar-refractivity contribution is 5.83. The van der Waals surface area contributed by atoms with Crippen LogP contribution in [0.25, 0.3) is 0 Å². The molecule has 0 N–H and O–H groups in total. The summed E-state index contributed by atoms with van der Waals surface area (Å²) < 4.78 is 37.7. The molecule has 0 radical (unpaired) electrons. The minimum absolute atomic E-state index is 0.0507. The van der Waals surface area contributed by atoms with Crippen molar-refractivity contribution in [3.05, 3.63) is 35.4 Å². The molecule has 1 amide bonds. The summed E-state index contributed by atoms with van der Waals surface area (Å²) in [6.07, 6.45) is -3.59. The number of nitrogens with zero attached hydrogens (tertiary/aromatic N) is 1. The van der Waals surface area contributed by atoms with E-state index in [9.17, 15) is 18.0 Å². The molecule has 5 heteroatoms. The molecule has 0 spiro atoms. The van der Waals surface area contributed by atoms with Gasteiger partial charge in [0.05, 0.1) is 5.56 Å². The maximum Gasteiger partial charge on any atom is 0.416 e. The van der Waals surface area contributed by atoms with E-state index in [1.165, 1.54) is 12.1 Å². The molecule has 2 rings (SSSR count). The average Bonchev–Trinajstić information content (AvgIpc) is 3.17. The summed E-state index contributed by atoms with van der Waals surface area (Å²) in [4.78, 5) is 14.4. The van der Waals surface area contributed by atoms with Crippen LogP contribution in [0.5, 0.6) is 0 Å². The largest absolute Gasteiger partial charge is 0.416 e. The zero-order valence-corrected chi connectivity index (χ0v) is 13.3. The smallest absolute Gasteiger partial charge is 0.338 e. The predicted octanol–water partition coefficient (Wildman–Crippen LogP) is 4.45. The first kappa shape index (κ1) is 16.8. The van der Waals surface area contributed by atoms with Crippen LogP contribution in [0.3, 0.4) is 0 Å². The molecule has 0 aliphatic heterocycles. The molecule has 0 aromatic heterocycles. The van der Waals surface area contributed by atoms with Gasteiger partial charge < -0.3 is 4.90 Å². The van der Waals surface area contributed by atoms with E-state index in [0.29, 0.717) is 0 Å². The van der Waals surface area contributed by atoms with Gasteiger partial charge in [-0.15, -0.1) is 0 Å². The van der Waals surface area contributed by atoms with Gasteiger partial charge in [0.1, 0.15) is 0 Å². The molecule has 1 aromatic rings. The average molecular weight is 313 g/mol. The van der Waals surface area contributed by atoms with E-state index in [-0.39, 0.29) is 29.8 Å². The number of amides is 1. The molecule has 1 fully saturated rings. The summed E-state index contributed by atoms with van der Waals surface area (Å²) >= 11 is 0. The Morgan fingerprint density at radius 1 is 1.09 bits per heavy atom. The normalized spacial score (nSPS) is 21.3. The lowest BCUT2D eigenvalue weighted by Crippen LogP contribution is -2.43. The van der Waals surface area contributed by atoms with Gasteiger partial charge in [0.2, 0.25) is 5.91 Å². The van der Waals surface area contributed by atoms with Gasteiger partial charge in [0.25, 0.3) is 0 Å². The van der Waals surface area contributed by atoms with Gasteiger partial charge >= 0.3 is 6.18 Å². The maximum absolute atomic E-state index is 12.6. The predicted molar refractivity (Wildman–Crippen MR) is 79.4 cm³/mol. The first-order valence-corrected chi connectivity index (χ1v) is 7.62. The quantitative estimate of drug-likeness (QED) is 0.804. The second kappa shape index (κ2) is 5.94. The van der Waals surface area contributed by atoms with Crippen molar-refractivity contribution in [2.45, 2.75) is 58.3 Å². The Morgan fingerprint density at radius 2 is 1.59 bits per heavy atom. The van der Waals surface area contributed by atoms with Crippen molar-refractivity contribution in [2.24, 2.45) is 5.92 Å². The highest BCUT2D eigenvalue weighted by Gasteiger charge is 2.46. The van der Waals surface area contributed by atoms with Crippen molar-refractivity contribution in [1.29, 1.82) is 0 Å². The first-order valence-electron chi connectivity index (χ1n) is 7.62. The van der Waals surface area contributed by atoms with Crippen LogP contribution in [-0.4, -0.2) is 22.9 Å². The molecule has 0 heterocycles. The Balaban J connectivity index is 2.07. The molecule has 122 valence electrons. The summed E-state index contributed by atoms with van der Waals surface area (Å²) in [7, 11) is 0. The Kier molecular flexibility index (Phi) is 4.54. The van der Waals surface area contributed by atoms with E-state index < -0.39 is 11.7 Å². The number of carbonyl (C=O) groups excluding carboxylic acids is 1. The summed E-state index contributed by atoms with van der Waals surface area (Å²) in [5, 5.41) is 0.